The van der Waals surface area contributed by atoms with Crippen LogP contribution in [0, 0.1) is 0 Å². The van der Waals surface area contributed by atoms with Crippen LogP contribution in [-0.2, 0) is 16.0 Å². The molecule has 0 aliphatic rings. The van der Waals surface area contributed by atoms with Crippen LogP contribution >= 0.6 is 0 Å². The zero-order valence-electron chi connectivity index (χ0n) is 13.2. The van der Waals surface area contributed by atoms with Crippen LogP contribution in [0.25, 0.3) is 17.1 Å². The molecule has 0 bridgehead atoms. The number of rotatable bonds is 4. The summed E-state index contributed by atoms with van der Waals surface area (Å²) in [6, 6.07) is 1.77. The minimum absolute atomic E-state index is 0.429. The third-order valence-corrected chi connectivity index (χ3v) is 2.79. The molecule has 0 saturated carbocycles. The Morgan fingerprint density at radius 1 is 1.41 bits per heavy atom. The third kappa shape index (κ3) is 3.92. The molecule has 0 amide bonds. The number of carbonyl (C=O) groups is 1. The van der Waals surface area contributed by atoms with Gasteiger partial charge in [-0.15, -0.1) is 0 Å². The van der Waals surface area contributed by atoms with Gasteiger partial charge in [-0.25, -0.2) is 9.50 Å². The van der Waals surface area contributed by atoms with Crippen molar-refractivity contribution in [3.05, 3.63) is 42.4 Å². The van der Waals surface area contributed by atoms with E-state index in [9.17, 15) is 0 Å². The van der Waals surface area contributed by atoms with Gasteiger partial charge in [0, 0.05) is 12.7 Å². The number of fused-ring (bicyclic) bond motifs is 1. The van der Waals surface area contributed by atoms with E-state index in [2.05, 4.69) is 23.2 Å². The summed E-state index contributed by atoms with van der Waals surface area (Å²) >= 11 is 0. The van der Waals surface area contributed by atoms with Crippen LogP contribution in [0.1, 0.15) is 23.9 Å². The number of aromatic nitrogens is 3. The van der Waals surface area contributed by atoms with Crippen LogP contribution in [0.15, 0.2) is 25.4 Å². The van der Waals surface area contributed by atoms with Gasteiger partial charge in [0.05, 0.1) is 24.7 Å². The summed E-state index contributed by atoms with van der Waals surface area (Å²) in [5.74, 6) is 0.489. The lowest BCUT2D eigenvalue weighted by Gasteiger charge is -2.09. The molecular formula is C15H22N4O3. The molecule has 0 saturated heterocycles. The molecule has 0 fully saturated rings. The first-order valence-corrected chi connectivity index (χ1v) is 6.37. The fourth-order valence-electron chi connectivity index (χ4n) is 1.73. The Morgan fingerprint density at radius 2 is 2.00 bits per heavy atom. The molecule has 0 aliphatic heterocycles. The molecule has 7 heteroatoms. The van der Waals surface area contributed by atoms with E-state index in [4.69, 9.17) is 20.4 Å². The average Bonchev–Trinajstić information content (AvgIpc) is 2.99. The van der Waals surface area contributed by atoms with E-state index in [0.717, 1.165) is 24.7 Å². The lowest BCUT2D eigenvalue weighted by atomic mass is 10.2. The monoisotopic (exact) mass is 306 g/mol. The van der Waals surface area contributed by atoms with Gasteiger partial charge in [-0.2, -0.15) is 5.10 Å². The van der Waals surface area contributed by atoms with Gasteiger partial charge < -0.3 is 20.4 Å². The summed E-state index contributed by atoms with van der Waals surface area (Å²) in [5.41, 5.74) is 9.36. The van der Waals surface area contributed by atoms with E-state index in [1.807, 2.05) is 13.7 Å². The molecule has 22 heavy (non-hydrogen) atoms. The van der Waals surface area contributed by atoms with Gasteiger partial charge in [0.25, 0.3) is 0 Å². The van der Waals surface area contributed by atoms with Crippen molar-refractivity contribution in [3.63, 3.8) is 0 Å². The van der Waals surface area contributed by atoms with Crippen LogP contribution in [-0.4, -0.2) is 40.7 Å². The number of aliphatic hydroxyl groups is 1. The van der Waals surface area contributed by atoms with Crippen molar-refractivity contribution in [2.24, 2.45) is 5.73 Å². The van der Waals surface area contributed by atoms with Crippen molar-refractivity contribution < 1.29 is 14.6 Å². The Kier molecular flexibility index (Phi) is 8.17. The van der Waals surface area contributed by atoms with Crippen LogP contribution in [0.5, 0.6) is 0 Å². The number of methoxy groups -OCH3 is 1. The summed E-state index contributed by atoms with van der Waals surface area (Å²) < 4.78 is 6.80. The molecule has 0 atom stereocenters. The summed E-state index contributed by atoms with van der Waals surface area (Å²) in [5, 5.41) is 11.3. The first-order chi connectivity index (χ1) is 10.6. The van der Waals surface area contributed by atoms with Crippen molar-refractivity contribution in [1.29, 1.82) is 0 Å². The number of nitrogens with two attached hydrogens (primary N) is 1. The maximum absolute atomic E-state index is 8.00. The molecule has 7 nitrogen and oxygen atoms in total. The molecule has 2 aromatic rings. The SMILES string of the molecule is C=C(OC)c1cc(C(=C)N)n2ncc(CC)c2n1.C=O.CO. The number of nitrogens with zero attached hydrogens (tertiary/aromatic N) is 3. The van der Waals surface area contributed by atoms with Gasteiger partial charge in [0.1, 0.15) is 18.2 Å². The lowest BCUT2D eigenvalue weighted by molar-refractivity contribution is -0.0979. The quantitative estimate of drug-likeness (QED) is 0.824. The standard InChI is InChI=1S/C13H16N4O.CH4O.CH2O/c1-5-10-7-15-17-12(8(2)14)6-11(9(3)18-4)16-13(10)17;2*1-2/h6-7H,2-3,5,14H2,1,4H3;2H,1H3;1H2. The van der Waals surface area contributed by atoms with E-state index < -0.39 is 0 Å². The van der Waals surface area contributed by atoms with E-state index in [-0.39, 0.29) is 0 Å². The van der Waals surface area contributed by atoms with Gasteiger partial charge in [-0.05, 0) is 12.5 Å². The zero-order chi connectivity index (χ0) is 17.3. The average molecular weight is 306 g/mol. The molecule has 3 N–H and O–H groups in total. The number of ether oxygens (including phenoxy) is 1. The number of hydrogen-bond donors (Lipinski definition) is 2. The highest BCUT2D eigenvalue weighted by Gasteiger charge is 2.13. The Morgan fingerprint density at radius 3 is 2.45 bits per heavy atom. The molecule has 2 rings (SSSR count). The van der Waals surface area contributed by atoms with E-state index >= 15 is 0 Å². The Balaban J connectivity index is 0.00000102. The Bertz CT molecular complexity index is 650. The predicted octanol–water partition coefficient (Wildman–Crippen LogP) is 1.26. The molecule has 0 spiro atoms. The van der Waals surface area contributed by atoms with Gasteiger partial charge in [0.2, 0.25) is 0 Å². The topological polar surface area (TPSA) is 103 Å². The summed E-state index contributed by atoms with van der Waals surface area (Å²) in [7, 11) is 2.56. The highest BCUT2D eigenvalue weighted by Crippen LogP contribution is 2.19. The van der Waals surface area contributed by atoms with Crippen LogP contribution in [0.2, 0.25) is 0 Å². The van der Waals surface area contributed by atoms with Crippen molar-refractivity contribution in [2.75, 3.05) is 14.2 Å². The van der Waals surface area contributed by atoms with E-state index in [1.165, 1.54) is 0 Å². The summed E-state index contributed by atoms with van der Waals surface area (Å²) in [6.07, 6.45) is 2.63. The summed E-state index contributed by atoms with van der Waals surface area (Å²) in [6.45, 7) is 11.6. The Hall–Kier alpha value is -2.67. The molecular weight excluding hydrogens is 284 g/mol. The maximum atomic E-state index is 8.00. The van der Waals surface area contributed by atoms with E-state index in [1.54, 1.807) is 23.9 Å². The van der Waals surface area contributed by atoms with Crippen molar-refractivity contribution >= 4 is 23.9 Å². The Labute approximate surface area is 129 Å². The molecule has 0 aromatic carbocycles. The van der Waals surface area contributed by atoms with Crippen LogP contribution in [0.4, 0.5) is 0 Å². The van der Waals surface area contributed by atoms with Gasteiger partial charge >= 0.3 is 0 Å². The highest BCUT2D eigenvalue weighted by atomic mass is 16.5. The van der Waals surface area contributed by atoms with Crippen LogP contribution in [0.3, 0.4) is 0 Å². The van der Waals surface area contributed by atoms with Crippen LogP contribution < -0.4 is 5.73 Å². The second kappa shape index (κ2) is 9.30. The van der Waals surface area contributed by atoms with Crippen molar-refractivity contribution in [1.82, 2.24) is 14.6 Å². The minimum atomic E-state index is 0.429. The molecule has 0 aliphatic carbocycles. The number of aliphatic hydroxyl groups excluding tert-OH is 1. The van der Waals surface area contributed by atoms with Gasteiger partial charge in [-0.3, -0.25) is 0 Å². The first kappa shape index (κ1) is 19.3. The molecule has 120 valence electrons. The van der Waals surface area contributed by atoms with Gasteiger partial charge in [-0.1, -0.05) is 20.1 Å². The largest absolute Gasteiger partial charge is 0.495 e. The summed E-state index contributed by atoms with van der Waals surface area (Å²) in [4.78, 5) is 12.5. The third-order valence-electron chi connectivity index (χ3n) is 2.79. The number of carbonyl (C=O) groups excluding carboxylic acids is 1. The van der Waals surface area contributed by atoms with Gasteiger partial charge in [0.15, 0.2) is 5.65 Å². The van der Waals surface area contributed by atoms with E-state index in [0.29, 0.717) is 22.8 Å². The normalized spacial score (nSPS) is 9.09. The van der Waals surface area contributed by atoms with Crippen molar-refractivity contribution in [2.45, 2.75) is 13.3 Å². The molecule has 2 heterocycles. The molecule has 0 radical (unpaired) electrons. The second-order valence-electron chi connectivity index (χ2n) is 3.94. The second-order valence-corrected chi connectivity index (χ2v) is 3.94. The highest BCUT2D eigenvalue weighted by molar-refractivity contribution is 5.67. The number of aryl methyl sites for hydroxylation is 1. The maximum Gasteiger partial charge on any atom is 0.159 e. The fraction of sp³-hybridized carbons (Fsp3) is 0.267. The minimum Gasteiger partial charge on any atom is -0.495 e. The number of hydrogen-bond acceptors (Lipinski definition) is 6. The molecule has 2 aromatic heterocycles. The zero-order valence-corrected chi connectivity index (χ0v) is 13.2. The predicted molar refractivity (Wildman–Crippen MR) is 86.9 cm³/mol. The lowest BCUT2D eigenvalue weighted by Crippen LogP contribution is -2.07. The smallest absolute Gasteiger partial charge is 0.159 e. The molecule has 0 unspecified atom stereocenters. The fourth-order valence-corrected chi connectivity index (χ4v) is 1.73. The van der Waals surface area contributed by atoms with Crippen molar-refractivity contribution in [3.8, 4) is 0 Å². The first-order valence-electron chi connectivity index (χ1n) is 6.37.